The molecular formula is C16H30N2O. The van der Waals surface area contributed by atoms with Crippen molar-refractivity contribution >= 4 is 0 Å². The molecule has 0 aromatic heterocycles. The molecule has 3 aliphatic rings. The van der Waals surface area contributed by atoms with Crippen molar-refractivity contribution in [2.24, 2.45) is 5.92 Å². The highest BCUT2D eigenvalue weighted by Gasteiger charge is 2.28. The van der Waals surface area contributed by atoms with Crippen LogP contribution < -0.4 is 0 Å². The molecule has 3 heteroatoms. The summed E-state index contributed by atoms with van der Waals surface area (Å²) >= 11 is 0. The summed E-state index contributed by atoms with van der Waals surface area (Å²) in [4.78, 5) is 5.35. The lowest BCUT2D eigenvalue weighted by Gasteiger charge is -2.38. The van der Waals surface area contributed by atoms with E-state index in [0.29, 0.717) is 5.92 Å². The van der Waals surface area contributed by atoms with E-state index in [1.54, 1.807) is 0 Å². The highest BCUT2D eigenvalue weighted by molar-refractivity contribution is 4.83. The average molecular weight is 266 g/mol. The highest BCUT2D eigenvalue weighted by Crippen LogP contribution is 2.29. The lowest BCUT2D eigenvalue weighted by molar-refractivity contribution is 0.0810. The third-order valence-corrected chi connectivity index (χ3v) is 5.68. The molecule has 1 heterocycles. The van der Waals surface area contributed by atoms with Crippen LogP contribution in [-0.4, -0.2) is 59.8 Å². The Bertz CT molecular complexity index is 270. The van der Waals surface area contributed by atoms with E-state index in [4.69, 9.17) is 0 Å². The highest BCUT2D eigenvalue weighted by atomic mass is 16.3. The Labute approximate surface area is 118 Å². The van der Waals surface area contributed by atoms with Gasteiger partial charge in [0.1, 0.15) is 0 Å². The molecule has 2 saturated carbocycles. The number of nitrogens with zero attached hydrogens (tertiary/aromatic N) is 2. The number of hydrogen-bond donors (Lipinski definition) is 1. The van der Waals surface area contributed by atoms with Gasteiger partial charge >= 0.3 is 0 Å². The van der Waals surface area contributed by atoms with Gasteiger partial charge in [-0.2, -0.15) is 0 Å². The van der Waals surface area contributed by atoms with Gasteiger partial charge in [0.25, 0.3) is 0 Å². The van der Waals surface area contributed by atoms with Gasteiger partial charge in [0.2, 0.25) is 0 Å². The van der Waals surface area contributed by atoms with Crippen LogP contribution in [0.3, 0.4) is 0 Å². The average Bonchev–Trinajstić information content (AvgIpc) is 3.09. The number of rotatable bonds is 4. The van der Waals surface area contributed by atoms with E-state index in [1.165, 1.54) is 77.7 Å². The Hall–Kier alpha value is -0.120. The fourth-order valence-electron chi connectivity index (χ4n) is 4.32. The second-order valence-corrected chi connectivity index (χ2v) is 6.86. The molecule has 1 saturated heterocycles. The van der Waals surface area contributed by atoms with E-state index in [0.717, 1.165) is 12.5 Å². The van der Waals surface area contributed by atoms with E-state index in [9.17, 15) is 5.11 Å². The topological polar surface area (TPSA) is 26.7 Å². The van der Waals surface area contributed by atoms with Gasteiger partial charge in [-0.1, -0.05) is 19.3 Å². The fourth-order valence-corrected chi connectivity index (χ4v) is 4.32. The predicted molar refractivity (Wildman–Crippen MR) is 78.2 cm³/mol. The van der Waals surface area contributed by atoms with E-state index in [1.807, 2.05) is 0 Å². The second-order valence-electron chi connectivity index (χ2n) is 6.86. The Morgan fingerprint density at radius 2 is 1.58 bits per heavy atom. The van der Waals surface area contributed by atoms with Gasteiger partial charge in [-0.25, -0.2) is 0 Å². The first kappa shape index (κ1) is 13.8. The third kappa shape index (κ3) is 3.50. The zero-order chi connectivity index (χ0) is 13.1. The molecule has 2 atom stereocenters. The van der Waals surface area contributed by atoms with Gasteiger partial charge in [-0.3, -0.25) is 4.90 Å². The van der Waals surface area contributed by atoms with Crippen LogP contribution in [0.15, 0.2) is 0 Å². The van der Waals surface area contributed by atoms with E-state index in [-0.39, 0.29) is 6.10 Å². The number of aliphatic hydroxyl groups excluding tert-OH is 1. The lowest BCUT2D eigenvalue weighted by Crippen LogP contribution is -2.50. The van der Waals surface area contributed by atoms with Gasteiger partial charge in [-0.15, -0.1) is 0 Å². The number of aliphatic hydroxyl groups is 1. The minimum Gasteiger partial charge on any atom is -0.393 e. The van der Waals surface area contributed by atoms with Crippen molar-refractivity contribution < 1.29 is 5.11 Å². The summed E-state index contributed by atoms with van der Waals surface area (Å²) in [7, 11) is 0. The standard InChI is InChI=1S/C16H30N2O/c19-16-7-3-4-14(16)8-9-17-10-12-18(13-11-17)15-5-1-2-6-15/h14-16,19H,1-13H2. The third-order valence-electron chi connectivity index (χ3n) is 5.68. The molecule has 2 unspecified atom stereocenters. The van der Waals surface area contributed by atoms with Crippen LogP contribution in [0.25, 0.3) is 0 Å². The molecule has 3 rings (SSSR count). The van der Waals surface area contributed by atoms with Gasteiger partial charge in [-0.05, 0) is 44.6 Å². The monoisotopic (exact) mass is 266 g/mol. The summed E-state index contributed by atoms with van der Waals surface area (Å²) in [6.07, 6.45) is 10.5. The molecule has 3 fully saturated rings. The maximum atomic E-state index is 9.88. The molecular weight excluding hydrogens is 236 g/mol. The van der Waals surface area contributed by atoms with Crippen molar-refractivity contribution in [2.45, 2.75) is 63.5 Å². The largest absolute Gasteiger partial charge is 0.393 e. The van der Waals surface area contributed by atoms with Crippen molar-refractivity contribution in [3.63, 3.8) is 0 Å². The number of piperazine rings is 1. The minimum absolute atomic E-state index is 0.000206. The SMILES string of the molecule is OC1CCCC1CCN1CCN(C2CCCC2)CC1. The minimum atomic E-state index is -0.000206. The smallest absolute Gasteiger partial charge is 0.0568 e. The first-order chi connectivity index (χ1) is 9.33. The van der Waals surface area contributed by atoms with Crippen molar-refractivity contribution in [1.29, 1.82) is 0 Å². The Balaban J connectivity index is 1.35. The maximum Gasteiger partial charge on any atom is 0.0568 e. The zero-order valence-electron chi connectivity index (χ0n) is 12.3. The molecule has 1 N–H and O–H groups in total. The molecule has 0 spiro atoms. The van der Waals surface area contributed by atoms with Crippen LogP contribution in [0.1, 0.15) is 51.4 Å². The first-order valence-corrected chi connectivity index (χ1v) is 8.47. The molecule has 0 aromatic carbocycles. The molecule has 0 bridgehead atoms. The summed E-state index contributed by atoms with van der Waals surface area (Å²) in [6, 6.07) is 0.902. The van der Waals surface area contributed by atoms with Crippen LogP contribution in [-0.2, 0) is 0 Å². The van der Waals surface area contributed by atoms with E-state index >= 15 is 0 Å². The summed E-state index contributed by atoms with van der Waals surface area (Å²) < 4.78 is 0. The van der Waals surface area contributed by atoms with Crippen molar-refractivity contribution in [1.82, 2.24) is 9.80 Å². The van der Waals surface area contributed by atoms with Gasteiger partial charge < -0.3 is 10.0 Å². The normalized spacial score (nSPS) is 35.2. The second kappa shape index (κ2) is 6.55. The Kier molecular flexibility index (Phi) is 4.78. The summed E-state index contributed by atoms with van der Waals surface area (Å²) in [5.74, 6) is 0.591. The van der Waals surface area contributed by atoms with E-state index < -0.39 is 0 Å². The van der Waals surface area contributed by atoms with Crippen LogP contribution >= 0.6 is 0 Å². The van der Waals surface area contributed by atoms with Crippen LogP contribution in [0.4, 0.5) is 0 Å². The van der Waals surface area contributed by atoms with Gasteiger partial charge in [0, 0.05) is 32.2 Å². The zero-order valence-corrected chi connectivity index (χ0v) is 12.3. The molecule has 0 aromatic rings. The van der Waals surface area contributed by atoms with Crippen LogP contribution in [0, 0.1) is 5.92 Å². The molecule has 0 amide bonds. The number of hydrogen-bond acceptors (Lipinski definition) is 3. The quantitative estimate of drug-likeness (QED) is 0.844. The molecule has 19 heavy (non-hydrogen) atoms. The van der Waals surface area contributed by atoms with E-state index in [2.05, 4.69) is 9.80 Å². The molecule has 110 valence electrons. The van der Waals surface area contributed by atoms with Crippen molar-refractivity contribution in [3.8, 4) is 0 Å². The molecule has 2 aliphatic carbocycles. The Morgan fingerprint density at radius 3 is 2.21 bits per heavy atom. The van der Waals surface area contributed by atoms with Crippen molar-refractivity contribution in [3.05, 3.63) is 0 Å². The van der Waals surface area contributed by atoms with Crippen LogP contribution in [0.2, 0.25) is 0 Å². The van der Waals surface area contributed by atoms with Crippen LogP contribution in [0.5, 0.6) is 0 Å². The van der Waals surface area contributed by atoms with Crippen molar-refractivity contribution in [2.75, 3.05) is 32.7 Å². The summed E-state index contributed by atoms with van der Waals surface area (Å²) in [5, 5.41) is 9.88. The lowest BCUT2D eigenvalue weighted by atomic mass is 10.0. The summed E-state index contributed by atoms with van der Waals surface area (Å²) in [5.41, 5.74) is 0. The molecule has 1 aliphatic heterocycles. The Morgan fingerprint density at radius 1 is 0.842 bits per heavy atom. The molecule has 3 nitrogen and oxygen atoms in total. The maximum absolute atomic E-state index is 9.88. The first-order valence-electron chi connectivity index (χ1n) is 8.47. The molecule has 0 radical (unpaired) electrons. The van der Waals surface area contributed by atoms with Gasteiger partial charge in [0.05, 0.1) is 6.10 Å². The summed E-state index contributed by atoms with van der Waals surface area (Å²) in [6.45, 7) is 6.26. The predicted octanol–water partition coefficient (Wildman–Crippen LogP) is 2.10. The fraction of sp³-hybridized carbons (Fsp3) is 1.00. The van der Waals surface area contributed by atoms with Gasteiger partial charge in [0.15, 0.2) is 0 Å².